The largest absolute Gasteiger partial charge is 0.439 e. The molecule has 1 aromatic rings. The summed E-state index contributed by atoms with van der Waals surface area (Å²) >= 11 is 0. The Kier molecular flexibility index (Phi) is 4.41. The van der Waals surface area contributed by atoms with E-state index in [0.717, 1.165) is 36.0 Å². The lowest BCUT2D eigenvalue weighted by Gasteiger charge is -2.18. The van der Waals surface area contributed by atoms with Crippen LogP contribution in [0.4, 0.5) is 5.69 Å². The van der Waals surface area contributed by atoms with E-state index in [4.69, 9.17) is 4.74 Å². The molecule has 0 aliphatic carbocycles. The van der Waals surface area contributed by atoms with E-state index in [1.807, 2.05) is 30.4 Å². The first kappa shape index (κ1) is 17.3. The van der Waals surface area contributed by atoms with Gasteiger partial charge in [-0.1, -0.05) is 39.8 Å². The molecule has 5 nitrogen and oxygen atoms in total. The van der Waals surface area contributed by atoms with Crippen LogP contribution in [0.2, 0.25) is 0 Å². The predicted molar refractivity (Wildman–Crippen MR) is 101 cm³/mol. The molecule has 3 rings (SSSR count). The fourth-order valence-corrected chi connectivity index (χ4v) is 3.01. The average molecular weight is 339 g/mol. The maximum Gasteiger partial charge on any atom is 0.275 e. The lowest BCUT2D eigenvalue weighted by molar-refractivity contribution is -0.124. The second-order valence-corrected chi connectivity index (χ2v) is 7.33. The van der Waals surface area contributed by atoms with Gasteiger partial charge in [0.05, 0.1) is 17.0 Å². The maximum atomic E-state index is 12.5. The van der Waals surface area contributed by atoms with Gasteiger partial charge in [-0.3, -0.25) is 4.79 Å². The molecular weight excluding hydrogens is 314 g/mol. The van der Waals surface area contributed by atoms with Crippen molar-refractivity contribution in [2.75, 3.05) is 18.5 Å². The Morgan fingerprint density at radius 1 is 1.20 bits per heavy atom. The number of hydrogen-bond acceptors (Lipinski definition) is 4. The Bertz CT molecular complexity index is 784. The lowest BCUT2D eigenvalue weighted by atomic mass is 9.85. The van der Waals surface area contributed by atoms with Crippen molar-refractivity contribution in [3.63, 3.8) is 0 Å². The standard InChI is InChI=1S/C20H25N3O2/c1-6-13-23-15-9-7-8-10-16(15)25-17(23)12-11-14-18(20(2,3)4)21-22(5)19(14)24/h7-12H,6,13H2,1-5H3/b14-11+,17-12+. The fourth-order valence-electron chi connectivity index (χ4n) is 3.01. The Balaban J connectivity index is 1.96. The summed E-state index contributed by atoms with van der Waals surface area (Å²) in [6.07, 6.45) is 4.71. The zero-order valence-electron chi connectivity index (χ0n) is 15.5. The number of carbonyl (C=O) groups is 1. The molecule has 0 fully saturated rings. The number of rotatable bonds is 3. The molecule has 0 unspecified atom stereocenters. The van der Waals surface area contributed by atoms with Gasteiger partial charge >= 0.3 is 0 Å². The molecule has 25 heavy (non-hydrogen) atoms. The van der Waals surface area contributed by atoms with Gasteiger partial charge in [-0.2, -0.15) is 5.10 Å². The van der Waals surface area contributed by atoms with Crippen molar-refractivity contribution in [3.8, 4) is 5.75 Å². The van der Waals surface area contributed by atoms with Crippen LogP contribution in [0.15, 0.2) is 53.0 Å². The molecule has 132 valence electrons. The zero-order chi connectivity index (χ0) is 18.2. The van der Waals surface area contributed by atoms with Crippen molar-refractivity contribution in [3.05, 3.63) is 47.9 Å². The molecule has 0 aromatic heterocycles. The molecular formula is C20H25N3O2. The highest BCUT2D eigenvalue weighted by Gasteiger charge is 2.34. The van der Waals surface area contributed by atoms with Crippen molar-refractivity contribution in [2.45, 2.75) is 34.1 Å². The van der Waals surface area contributed by atoms with E-state index in [9.17, 15) is 4.79 Å². The van der Waals surface area contributed by atoms with E-state index in [-0.39, 0.29) is 11.3 Å². The molecule has 5 heteroatoms. The number of likely N-dealkylation sites (N-methyl/N-ethyl adjacent to an activating group) is 1. The van der Waals surface area contributed by atoms with Crippen LogP contribution >= 0.6 is 0 Å². The average Bonchev–Trinajstić information content (AvgIpc) is 3.05. The first-order chi connectivity index (χ1) is 11.8. The smallest absolute Gasteiger partial charge is 0.275 e. The Labute approximate surface area is 149 Å². The van der Waals surface area contributed by atoms with Crippen LogP contribution < -0.4 is 9.64 Å². The van der Waals surface area contributed by atoms with Crippen molar-refractivity contribution < 1.29 is 9.53 Å². The van der Waals surface area contributed by atoms with Gasteiger partial charge in [0.15, 0.2) is 5.75 Å². The number of benzene rings is 1. The molecule has 0 spiro atoms. The van der Waals surface area contributed by atoms with Gasteiger partial charge in [0, 0.05) is 19.0 Å². The summed E-state index contributed by atoms with van der Waals surface area (Å²) in [6, 6.07) is 7.98. The third-order valence-corrected chi connectivity index (χ3v) is 4.22. The molecule has 2 aliphatic rings. The molecule has 2 aliphatic heterocycles. The normalized spacial score (nSPS) is 20.4. The molecule has 0 N–H and O–H groups in total. The van der Waals surface area contributed by atoms with E-state index < -0.39 is 0 Å². The Hall–Kier alpha value is -2.56. The molecule has 2 heterocycles. The van der Waals surface area contributed by atoms with Crippen molar-refractivity contribution in [2.24, 2.45) is 10.5 Å². The zero-order valence-corrected chi connectivity index (χ0v) is 15.5. The summed E-state index contributed by atoms with van der Waals surface area (Å²) in [5.74, 6) is 1.51. The number of hydrazone groups is 1. The third kappa shape index (κ3) is 3.18. The van der Waals surface area contributed by atoms with Gasteiger partial charge in [-0.25, -0.2) is 5.01 Å². The minimum absolute atomic E-state index is 0.0840. The van der Waals surface area contributed by atoms with Crippen LogP contribution in [0.25, 0.3) is 0 Å². The van der Waals surface area contributed by atoms with E-state index in [2.05, 4.69) is 43.8 Å². The summed E-state index contributed by atoms with van der Waals surface area (Å²) in [6.45, 7) is 9.18. The predicted octanol–water partition coefficient (Wildman–Crippen LogP) is 3.94. The van der Waals surface area contributed by atoms with Crippen LogP contribution in [0.1, 0.15) is 34.1 Å². The highest BCUT2D eigenvalue weighted by Crippen LogP contribution is 2.38. The van der Waals surface area contributed by atoms with Crippen LogP contribution in [-0.4, -0.2) is 30.2 Å². The van der Waals surface area contributed by atoms with E-state index >= 15 is 0 Å². The summed E-state index contributed by atoms with van der Waals surface area (Å²) in [4.78, 5) is 14.6. The maximum absolute atomic E-state index is 12.5. The Morgan fingerprint density at radius 3 is 2.60 bits per heavy atom. The first-order valence-corrected chi connectivity index (χ1v) is 8.67. The van der Waals surface area contributed by atoms with Gasteiger partial charge in [0.2, 0.25) is 5.88 Å². The van der Waals surface area contributed by atoms with E-state index in [1.54, 1.807) is 7.05 Å². The number of nitrogens with zero attached hydrogens (tertiary/aromatic N) is 3. The molecule has 0 saturated carbocycles. The quantitative estimate of drug-likeness (QED) is 0.784. The number of ether oxygens (including phenoxy) is 1. The summed E-state index contributed by atoms with van der Waals surface area (Å²) in [5, 5.41) is 5.81. The van der Waals surface area contributed by atoms with E-state index in [1.165, 1.54) is 5.01 Å². The number of fused-ring (bicyclic) bond motifs is 1. The monoisotopic (exact) mass is 339 g/mol. The van der Waals surface area contributed by atoms with Crippen LogP contribution in [0.3, 0.4) is 0 Å². The molecule has 1 aromatic carbocycles. The number of hydrogen-bond donors (Lipinski definition) is 0. The second-order valence-electron chi connectivity index (χ2n) is 7.33. The molecule has 0 saturated heterocycles. The van der Waals surface area contributed by atoms with Crippen molar-refractivity contribution in [1.82, 2.24) is 5.01 Å². The SMILES string of the molecule is CCCN1/C(=C\C=C2\C(=O)N(C)N=C2C(C)(C)C)Oc2ccccc21. The molecule has 0 bridgehead atoms. The number of carbonyl (C=O) groups excluding carboxylic acids is 1. The fraction of sp³-hybridized carbons (Fsp3) is 0.400. The second kappa shape index (κ2) is 6.39. The number of anilines is 1. The van der Waals surface area contributed by atoms with Gasteiger partial charge < -0.3 is 9.64 Å². The minimum atomic E-state index is -0.201. The van der Waals surface area contributed by atoms with Gasteiger partial charge in [-0.15, -0.1) is 0 Å². The first-order valence-electron chi connectivity index (χ1n) is 8.67. The van der Waals surface area contributed by atoms with Crippen molar-refractivity contribution >= 4 is 17.3 Å². The highest BCUT2D eigenvalue weighted by molar-refractivity contribution is 6.26. The number of amides is 1. The number of para-hydroxylation sites is 2. The minimum Gasteiger partial charge on any atom is -0.439 e. The molecule has 0 radical (unpaired) electrons. The molecule has 1 amide bonds. The topological polar surface area (TPSA) is 45.1 Å². The molecule has 0 atom stereocenters. The summed E-state index contributed by atoms with van der Waals surface area (Å²) in [7, 11) is 1.69. The van der Waals surface area contributed by atoms with Crippen LogP contribution in [0.5, 0.6) is 5.75 Å². The Morgan fingerprint density at radius 2 is 1.92 bits per heavy atom. The van der Waals surface area contributed by atoms with Gasteiger partial charge in [0.25, 0.3) is 5.91 Å². The summed E-state index contributed by atoms with van der Waals surface area (Å²) < 4.78 is 5.99. The van der Waals surface area contributed by atoms with Crippen LogP contribution in [0, 0.1) is 5.41 Å². The third-order valence-electron chi connectivity index (χ3n) is 4.22. The van der Waals surface area contributed by atoms with E-state index in [0.29, 0.717) is 5.57 Å². The summed E-state index contributed by atoms with van der Waals surface area (Å²) in [5.41, 5.74) is 2.29. The van der Waals surface area contributed by atoms with Crippen molar-refractivity contribution in [1.29, 1.82) is 0 Å². The number of allylic oxidation sites excluding steroid dienone is 2. The van der Waals surface area contributed by atoms with Gasteiger partial charge in [0.1, 0.15) is 0 Å². The highest BCUT2D eigenvalue weighted by atomic mass is 16.5. The van der Waals surface area contributed by atoms with Gasteiger partial charge in [-0.05, 0) is 30.7 Å². The lowest BCUT2D eigenvalue weighted by Crippen LogP contribution is -2.23. The van der Waals surface area contributed by atoms with Crippen LogP contribution in [-0.2, 0) is 4.79 Å².